The molecule has 6 nitrogen and oxygen atoms in total. The van der Waals surface area contributed by atoms with Crippen molar-refractivity contribution >= 4 is 21.6 Å². The number of rotatable bonds is 6. The van der Waals surface area contributed by atoms with Gasteiger partial charge in [-0.3, -0.25) is 14.5 Å². The van der Waals surface area contributed by atoms with Crippen molar-refractivity contribution in [2.45, 2.75) is 25.3 Å². The molecule has 2 aromatic carbocycles. The largest absolute Gasteiger partial charge is 0.348 e. The summed E-state index contributed by atoms with van der Waals surface area (Å²) in [5.74, 6) is -0.280. The second kappa shape index (κ2) is 8.22. The molecule has 0 unspecified atom stereocenters. The first-order valence-electron chi connectivity index (χ1n) is 8.72. The third kappa shape index (κ3) is 4.75. The van der Waals surface area contributed by atoms with E-state index < -0.39 is 10.0 Å². The van der Waals surface area contributed by atoms with Crippen LogP contribution in [0.15, 0.2) is 71.9 Å². The van der Waals surface area contributed by atoms with Crippen LogP contribution in [0.3, 0.4) is 0 Å². The van der Waals surface area contributed by atoms with Gasteiger partial charge in [0, 0.05) is 30.2 Å². The molecule has 0 saturated carbocycles. The summed E-state index contributed by atoms with van der Waals surface area (Å²) >= 11 is 0. The SMILES string of the molecule is Cc1ccc(S(=O)(=O)Nc2ccc(C)c(C(=O)NCc3cccnc3)c2)cc1. The molecule has 0 aliphatic carbocycles. The summed E-state index contributed by atoms with van der Waals surface area (Å²) in [7, 11) is -3.73. The lowest BCUT2D eigenvalue weighted by molar-refractivity contribution is 0.0950. The molecule has 0 bridgehead atoms. The van der Waals surface area contributed by atoms with Crippen molar-refractivity contribution in [3.05, 3.63) is 89.2 Å². The van der Waals surface area contributed by atoms with Gasteiger partial charge in [0.05, 0.1) is 4.90 Å². The van der Waals surface area contributed by atoms with Gasteiger partial charge in [0.2, 0.25) is 0 Å². The number of hydrogen-bond acceptors (Lipinski definition) is 4. The van der Waals surface area contributed by atoms with Crippen molar-refractivity contribution in [2.24, 2.45) is 0 Å². The van der Waals surface area contributed by atoms with Gasteiger partial charge in [-0.1, -0.05) is 29.8 Å². The van der Waals surface area contributed by atoms with E-state index >= 15 is 0 Å². The van der Waals surface area contributed by atoms with Gasteiger partial charge in [-0.2, -0.15) is 0 Å². The molecule has 144 valence electrons. The van der Waals surface area contributed by atoms with E-state index in [1.807, 2.05) is 13.0 Å². The highest BCUT2D eigenvalue weighted by atomic mass is 32.2. The van der Waals surface area contributed by atoms with Crippen LogP contribution in [-0.2, 0) is 16.6 Å². The number of aromatic nitrogens is 1. The van der Waals surface area contributed by atoms with Crippen LogP contribution in [-0.4, -0.2) is 19.3 Å². The lowest BCUT2D eigenvalue weighted by Crippen LogP contribution is -2.24. The number of hydrogen-bond donors (Lipinski definition) is 2. The molecule has 0 saturated heterocycles. The van der Waals surface area contributed by atoms with Gasteiger partial charge in [0.15, 0.2) is 0 Å². The van der Waals surface area contributed by atoms with Crippen LogP contribution < -0.4 is 10.0 Å². The van der Waals surface area contributed by atoms with Crippen molar-refractivity contribution in [1.82, 2.24) is 10.3 Å². The first kappa shape index (κ1) is 19.6. The molecule has 1 heterocycles. The molecular weight excluding hydrogens is 374 g/mol. The second-order valence-corrected chi connectivity index (χ2v) is 8.17. The van der Waals surface area contributed by atoms with Gasteiger partial charge in [-0.15, -0.1) is 0 Å². The van der Waals surface area contributed by atoms with Crippen molar-refractivity contribution in [2.75, 3.05) is 4.72 Å². The maximum absolute atomic E-state index is 12.6. The molecular formula is C21H21N3O3S. The third-order valence-corrected chi connectivity index (χ3v) is 5.64. The summed E-state index contributed by atoms with van der Waals surface area (Å²) in [5, 5.41) is 2.83. The third-order valence-electron chi connectivity index (χ3n) is 4.24. The van der Waals surface area contributed by atoms with E-state index in [2.05, 4.69) is 15.0 Å². The van der Waals surface area contributed by atoms with Crippen molar-refractivity contribution in [3.63, 3.8) is 0 Å². The van der Waals surface area contributed by atoms with Crippen molar-refractivity contribution < 1.29 is 13.2 Å². The molecule has 0 aliphatic heterocycles. The molecule has 28 heavy (non-hydrogen) atoms. The maximum atomic E-state index is 12.6. The van der Waals surface area contributed by atoms with Crippen LogP contribution >= 0.6 is 0 Å². The number of benzene rings is 2. The molecule has 1 amide bonds. The van der Waals surface area contributed by atoms with E-state index in [0.29, 0.717) is 17.8 Å². The Kier molecular flexibility index (Phi) is 5.75. The fraction of sp³-hybridized carbons (Fsp3) is 0.143. The Balaban J connectivity index is 1.77. The second-order valence-electron chi connectivity index (χ2n) is 6.49. The molecule has 7 heteroatoms. The fourth-order valence-corrected chi connectivity index (χ4v) is 3.69. The van der Waals surface area contributed by atoms with Gasteiger partial charge >= 0.3 is 0 Å². The number of sulfonamides is 1. The Morgan fingerprint density at radius 2 is 1.79 bits per heavy atom. The molecule has 0 atom stereocenters. The highest BCUT2D eigenvalue weighted by Gasteiger charge is 2.16. The zero-order valence-corrected chi connectivity index (χ0v) is 16.5. The number of nitrogens with zero attached hydrogens (tertiary/aromatic N) is 1. The van der Waals surface area contributed by atoms with Crippen LogP contribution in [0.5, 0.6) is 0 Å². The average Bonchev–Trinajstić information content (AvgIpc) is 2.68. The Morgan fingerprint density at radius 1 is 1.04 bits per heavy atom. The van der Waals surface area contributed by atoms with Gasteiger partial charge in [0.1, 0.15) is 0 Å². The summed E-state index contributed by atoms with van der Waals surface area (Å²) in [6.07, 6.45) is 3.35. The average molecular weight is 395 g/mol. The van der Waals surface area contributed by atoms with E-state index in [-0.39, 0.29) is 10.8 Å². The van der Waals surface area contributed by atoms with Crippen LogP contribution in [0.4, 0.5) is 5.69 Å². The lowest BCUT2D eigenvalue weighted by atomic mass is 10.1. The topological polar surface area (TPSA) is 88.2 Å². The number of nitrogens with one attached hydrogen (secondary N) is 2. The number of aryl methyl sites for hydroxylation is 2. The van der Waals surface area contributed by atoms with E-state index in [4.69, 9.17) is 0 Å². The minimum absolute atomic E-state index is 0.168. The normalized spacial score (nSPS) is 11.1. The zero-order valence-electron chi connectivity index (χ0n) is 15.6. The summed E-state index contributed by atoms with van der Waals surface area (Å²) < 4.78 is 27.7. The highest BCUT2D eigenvalue weighted by molar-refractivity contribution is 7.92. The van der Waals surface area contributed by atoms with Gasteiger partial charge < -0.3 is 5.32 Å². The van der Waals surface area contributed by atoms with Crippen molar-refractivity contribution in [3.8, 4) is 0 Å². The monoisotopic (exact) mass is 395 g/mol. The van der Waals surface area contributed by atoms with E-state index in [9.17, 15) is 13.2 Å². The maximum Gasteiger partial charge on any atom is 0.261 e. The molecule has 0 radical (unpaired) electrons. The molecule has 3 rings (SSSR count). The molecule has 3 aromatic rings. The first-order chi connectivity index (χ1) is 13.3. The number of pyridine rings is 1. The summed E-state index contributed by atoms with van der Waals surface area (Å²) in [6.45, 7) is 4.03. The minimum Gasteiger partial charge on any atom is -0.348 e. The van der Waals surface area contributed by atoms with Gasteiger partial charge in [-0.25, -0.2) is 8.42 Å². The predicted octanol–water partition coefficient (Wildman–Crippen LogP) is 3.43. The van der Waals surface area contributed by atoms with Crippen molar-refractivity contribution in [1.29, 1.82) is 0 Å². The quantitative estimate of drug-likeness (QED) is 0.669. The number of carbonyl (C=O) groups excluding carboxylic acids is 1. The Labute approximate surface area is 164 Å². The molecule has 0 spiro atoms. The van der Waals surface area contributed by atoms with Gasteiger partial charge in [-0.05, 0) is 55.3 Å². The predicted molar refractivity (Wildman–Crippen MR) is 109 cm³/mol. The minimum atomic E-state index is -3.73. The Hall–Kier alpha value is -3.19. The number of amides is 1. The first-order valence-corrected chi connectivity index (χ1v) is 10.2. The van der Waals surface area contributed by atoms with Crippen LogP contribution in [0.2, 0.25) is 0 Å². The Morgan fingerprint density at radius 3 is 2.46 bits per heavy atom. The summed E-state index contributed by atoms with van der Waals surface area (Å²) in [4.78, 5) is 16.7. The zero-order chi connectivity index (χ0) is 20.1. The number of anilines is 1. The molecule has 1 aromatic heterocycles. The summed E-state index contributed by atoms with van der Waals surface area (Å²) in [5.41, 5.74) is 3.35. The highest BCUT2D eigenvalue weighted by Crippen LogP contribution is 2.20. The smallest absolute Gasteiger partial charge is 0.261 e. The molecule has 0 fully saturated rings. The number of carbonyl (C=O) groups is 1. The standard InChI is InChI=1S/C21H21N3O3S/c1-15-5-9-19(10-6-15)28(26,27)24-18-8-7-16(2)20(12-18)21(25)23-14-17-4-3-11-22-13-17/h3-13,24H,14H2,1-2H3,(H,23,25). The van der Waals surface area contributed by atoms with Crippen LogP contribution in [0.1, 0.15) is 27.0 Å². The fourth-order valence-electron chi connectivity index (χ4n) is 2.64. The van der Waals surface area contributed by atoms with Gasteiger partial charge in [0.25, 0.3) is 15.9 Å². The van der Waals surface area contributed by atoms with E-state index in [0.717, 1.165) is 16.7 Å². The van der Waals surface area contributed by atoms with Crippen LogP contribution in [0.25, 0.3) is 0 Å². The summed E-state index contributed by atoms with van der Waals surface area (Å²) in [6, 6.07) is 15.1. The van der Waals surface area contributed by atoms with E-state index in [1.165, 1.54) is 0 Å². The van der Waals surface area contributed by atoms with E-state index in [1.54, 1.807) is 67.8 Å². The molecule has 2 N–H and O–H groups in total. The van der Waals surface area contributed by atoms with Crippen LogP contribution in [0, 0.1) is 13.8 Å². The lowest BCUT2D eigenvalue weighted by Gasteiger charge is -2.12. The molecule has 0 aliphatic rings. The Bertz CT molecular complexity index is 1080.